The van der Waals surface area contributed by atoms with Crippen molar-refractivity contribution >= 4 is 11.9 Å². The van der Waals surface area contributed by atoms with Gasteiger partial charge in [0.05, 0.1) is 13.0 Å². The second-order valence-corrected chi connectivity index (χ2v) is 14.9. The van der Waals surface area contributed by atoms with Gasteiger partial charge in [-0.05, 0) is 109 Å². The van der Waals surface area contributed by atoms with Crippen molar-refractivity contribution in [2.45, 2.75) is 181 Å². The monoisotopic (exact) mass is 827 g/mol. The number of carbonyl (C=O) groups is 2. The lowest BCUT2D eigenvalue weighted by molar-refractivity contribution is -0.162. The molecule has 0 bridgehead atoms. The predicted octanol–water partition coefficient (Wildman–Crippen LogP) is 16.0. The molecule has 0 aromatic carbocycles. The smallest absolute Gasteiger partial charge is 0.309 e. The number of carbonyl (C=O) groups excluding carboxylic acids is 2. The maximum absolute atomic E-state index is 12.8. The van der Waals surface area contributed by atoms with Gasteiger partial charge in [-0.25, -0.2) is 0 Å². The zero-order valence-electron chi connectivity index (χ0n) is 38.4. The molecule has 0 saturated heterocycles. The van der Waals surface area contributed by atoms with Crippen molar-refractivity contribution in [3.8, 4) is 0 Å². The van der Waals surface area contributed by atoms with E-state index >= 15 is 0 Å². The van der Waals surface area contributed by atoms with E-state index in [0.717, 1.165) is 109 Å². The third-order valence-corrected chi connectivity index (χ3v) is 9.18. The van der Waals surface area contributed by atoms with E-state index in [4.69, 9.17) is 14.2 Å². The summed E-state index contributed by atoms with van der Waals surface area (Å²) >= 11 is 0. The van der Waals surface area contributed by atoms with E-state index in [2.05, 4.69) is 142 Å². The van der Waals surface area contributed by atoms with Crippen LogP contribution in [-0.2, 0) is 23.8 Å². The molecular weight excluding hydrogens is 741 g/mol. The first-order valence-electron chi connectivity index (χ1n) is 23.7. The summed E-state index contributed by atoms with van der Waals surface area (Å²) in [6.45, 7) is 7.28. The number of esters is 2. The molecule has 0 rings (SSSR count). The molecule has 0 fully saturated rings. The highest BCUT2D eigenvalue weighted by Crippen LogP contribution is 2.10. The Balaban J connectivity index is 4.54. The van der Waals surface area contributed by atoms with Gasteiger partial charge in [-0.1, -0.05) is 187 Å². The molecule has 60 heavy (non-hydrogen) atoms. The fourth-order valence-corrected chi connectivity index (χ4v) is 5.73. The highest BCUT2D eigenvalue weighted by Gasteiger charge is 2.17. The fraction of sp³-hybridized carbons (Fsp3) is 0.564. The molecule has 1 atom stereocenters. The van der Waals surface area contributed by atoms with Crippen LogP contribution in [0.4, 0.5) is 0 Å². The Kier molecular flexibility index (Phi) is 46.1. The first kappa shape index (κ1) is 56.0. The molecule has 0 aliphatic heterocycles. The van der Waals surface area contributed by atoms with Gasteiger partial charge < -0.3 is 14.2 Å². The second-order valence-electron chi connectivity index (χ2n) is 14.9. The Morgan fingerprint density at radius 1 is 0.400 bits per heavy atom. The molecule has 0 heterocycles. The normalized spacial score (nSPS) is 13.4. The van der Waals surface area contributed by atoms with E-state index in [9.17, 15) is 9.59 Å². The summed E-state index contributed by atoms with van der Waals surface area (Å²) in [7, 11) is 0. The van der Waals surface area contributed by atoms with Crippen molar-refractivity contribution in [2.75, 3.05) is 19.8 Å². The van der Waals surface area contributed by atoms with E-state index < -0.39 is 6.10 Å². The van der Waals surface area contributed by atoms with Crippen LogP contribution in [0, 0.1) is 0 Å². The molecule has 0 aliphatic carbocycles. The van der Waals surface area contributed by atoms with Crippen molar-refractivity contribution in [2.24, 2.45) is 0 Å². The number of rotatable bonds is 41. The zero-order valence-corrected chi connectivity index (χ0v) is 38.4. The van der Waals surface area contributed by atoms with Crippen molar-refractivity contribution < 1.29 is 23.8 Å². The maximum Gasteiger partial charge on any atom is 0.309 e. The summed E-state index contributed by atoms with van der Waals surface area (Å²) in [5.74, 6) is -0.603. The molecule has 5 heteroatoms. The van der Waals surface area contributed by atoms with Gasteiger partial charge in [0.15, 0.2) is 6.10 Å². The molecule has 0 N–H and O–H groups in total. The Bertz CT molecular complexity index is 1300. The minimum atomic E-state index is -0.620. The summed E-state index contributed by atoms with van der Waals surface area (Å²) in [5, 5.41) is 0. The first-order valence-corrected chi connectivity index (χ1v) is 23.7. The van der Waals surface area contributed by atoms with Crippen LogP contribution >= 0.6 is 0 Å². The number of allylic oxidation sites excluding steroid dienone is 21. The van der Waals surface area contributed by atoms with Crippen molar-refractivity contribution in [1.82, 2.24) is 0 Å². The number of hydrogen-bond donors (Lipinski definition) is 0. The average molecular weight is 827 g/mol. The quantitative estimate of drug-likeness (QED) is 0.0349. The Morgan fingerprint density at radius 2 is 0.800 bits per heavy atom. The van der Waals surface area contributed by atoms with Crippen LogP contribution in [0.1, 0.15) is 175 Å². The largest absolute Gasteiger partial charge is 0.461 e. The van der Waals surface area contributed by atoms with Crippen LogP contribution in [0.3, 0.4) is 0 Å². The van der Waals surface area contributed by atoms with Crippen LogP contribution in [0.2, 0.25) is 0 Å². The fourth-order valence-electron chi connectivity index (χ4n) is 5.73. The second kappa shape index (κ2) is 49.4. The van der Waals surface area contributed by atoms with Crippen LogP contribution in [0.5, 0.6) is 0 Å². The Hall–Kier alpha value is -3.96. The van der Waals surface area contributed by atoms with Crippen molar-refractivity contribution in [1.29, 1.82) is 0 Å². The van der Waals surface area contributed by atoms with Crippen molar-refractivity contribution in [3.63, 3.8) is 0 Å². The van der Waals surface area contributed by atoms with Crippen LogP contribution < -0.4 is 0 Å². The molecule has 0 radical (unpaired) electrons. The molecule has 0 aromatic rings. The van der Waals surface area contributed by atoms with Crippen LogP contribution in [0.15, 0.2) is 134 Å². The summed E-state index contributed by atoms with van der Waals surface area (Å²) in [5.41, 5.74) is 0. The van der Waals surface area contributed by atoms with E-state index in [-0.39, 0.29) is 31.6 Å². The van der Waals surface area contributed by atoms with Gasteiger partial charge in [0.25, 0.3) is 0 Å². The number of hydrogen-bond acceptors (Lipinski definition) is 5. The lowest BCUT2D eigenvalue weighted by atomic mass is 10.1. The minimum Gasteiger partial charge on any atom is -0.461 e. The Labute approximate surface area is 369 Å². The molecule has 0 aromatic heterocycles. The third-order valence-electron chi connectivity index (χ3n) is 9.18. The van der Waals surface area contributed by atoms with Gasteiger partial charge in [0, 0.05) is 13.0 Å². The molecule has 336 valence electrons. The lowest BCUT2D eigenvalue weighted by Gasteiger charge is -2.18. The summed E-state index contributed by atoms with van der Waals surface area (Å²) in [6, 6.07) is 0. The van der Waals surface area contributed by atoms with E-state index in [1.807, 2.05) is 12.2 Å². The predicted molar refractivity (Wildman–Crippen MR) is 260 cm³/mol. The number of ether oxygens (including phenoxy) is 3. The van der Waals surface area contributed by atoms with Gasteiger partial charge in [-0.3, -0.25) is 9.59 Å². The molecule has 0 saturated carbocycles. The van der Waals surface area contributed by atoms with E-state index in [1.54, 1.807) is 0 Å². The van der Waals surface area contributed by atoms with Crippen LogP contribution in [-0.4, -0.2) is 37.9 Å². The maximum atomic E-state index is 12.8. The standard InChI is InChI=1S/C55H86O5/c1-4-7-10-13-16-19-22-25-28-30-33-36-39-42-45-48-54(56)59-52-53(51-58-50-47-44-41-38-35-32-27-24-21-18-15-12-9-6-3)60-55(57)49-46-43-40-37-34-31-29-26-23-20-17-14-11-8-5-2/h7,9-10,12,16-21,25-29,32-33,36,38,41-42,45,53H,4-6,8,11,13-15,22-24,30-31,34-35,37,39-40,43-44,46-52H2,1-3H3/b10-7-,12-9-,19-16-,20-17-,21-18-,28-25-,29-26-,32-27-,36-33-,41-38-,45-42-. The topological polar surface area (TPSA) is 61.8 Å². The van der Waals surface area contributed by atoms with Gasteiger partial charge >= 0.3 is 11.9 Å². The molecule has 0 spiro atoms. The molecular formula is C55H86O5. The molecule has 5 nitrogen and oxygen atoms in total. The summed E-state index contributed by atoms with van der Waals surface area (Å²) < 4.78 is 17.2. The van der Waals surface area contributed by atoms with Gasteiger partial charge in [0.2, 0.25) is 0 Å². The minimum absolute atomic E-state index is 0.00564. The average Bonchev–Trinajstić information content (AvgIpc) is 3.25. The highest BCUT2D eigenvalue weighted by molar-refractivity contribution is 5.71. The SMILES string of the molecule is CC/C=C\C/C=C\C/C=C\C/C=C\C/C=C\CC(=O)OCC(COCCC/C=C\C/C=C\C/C=C\C/C=C\CC)OC(=O)CCCCCCC/C=C\C/C=C\CCCCC. The molecule has 1 unspecified atom stereocenters. The van der Waals surface area contributed by atoms with Gasteiger partial charge in [-0.2, -0.15) is 0 Å². The number of unbranched alkanes of at least 4 members (excludes halogenated alkanes) is 9. The van der Waals surface area contributed by atoms with E-state index in [1.165, 1.54) is 32.1 Å². The van der Waals surface area contributed by atoms with E-state index in [0.29, 0.717) is 13.0 Å². The highest BCUT2D eigenvalue weighted by atomic mass is 16.6. The molecule has 0 amide bonds. The van der Waals surface area contributed by atoms with Crippen LogP contribution in [0.25, 0.3) is 0 Å². The lowest BCUT2D eigenvalue weighted by Crippen LogP contribution is -2.30. The summed E-state index contributed by atoms with van der Waals surface area (Å²) in [4.78, 5) is 25.3. The third kappa shape index (κ3) is 46.7. The van der Waals surface area contributed by atoms with Crippen molar-refractivity contribution in [3.05, 3.63) is 134 Å². The van der Waals surface area contributed by atoms with Gasteiger partial charge in [0.1, 0.15) is 6.61 Å². The van der Waals surface area contributed by atoms with Gasteiger partial charge in [-0.15, -0.1) is 0 Å². The zero-order chi connectivity index (χ0) is 43.5. The Morgan fingerprint density at radius 3 is 1.28 bits per heavy atom. The molecule has 0 aliphatic rings. The first-order chi connectivity index (χ1) is 29.6. The summed E-state index contributed by atoms with van der Waals surface area (Å²) in [6.07, 6.45) is 70.6.